The molecule has 29 heavy (non-hydrogen) atoms. The van der Waals surface area contributed by atoms with E-state index in [-0.39, 0.29) is 18.4 Å². The fourth-order valence-corrected chi connectivity index (χ4v) is 3.06. The van der Waals surface area contributed by atoms with E-state index >= 15 is 0 Å². The number of fused-ring (bicyclic) bond motifs is 1. The van der Waals surface area contributed by atoms with Gasteiger partial charge in [-0.2, -0.15) is 0 Å². The van der Waals surface area contributed by atoms with E-state index in [0.717, 1.165) is 28.8 Å². The van der Waals surface area contributed by atoms with Crippen molar-refractivity contribution in [2.45, 2.75) is 20.3 Å². The van der Waals surface area contributed by atoms with Gasteiger partial charge in [-0.1, -0.05) is 24.3 Å². The number of hydrogen-bond donors (Lipinski definition) is 1. The zero-order valence-corrected chi connectivity index (χ0v) is 17.0. The molecule has 0 unspecified atom stereocenters. The van der Waals surface area contributed by atoms with Gasteiger partial charge in [0.2, 0.25) is 11.8 Å². The largest absolute Gasteiger partial charge is 0.490 e. The van der Waals surface area contributed by atoms with Crippen LogP contribution in [-0.4, -0.2) is 43.5 Å². The van der Waals surface area contributed by atoms with Crippen LogP contribution in [-0.2, 0) is 9.59 Å². The summed E-state index contributed by atoms with van der Waals surface area (Å²) < 4.78 is 11.3. The molecule has 6 nitrogen and oxygen atoms in total. The van der Waals surface area contributed by atoms with E-state index in [1.807, 2.05) is 50.2 Å². The van der Waals surface area contributed by atoms with Crippen molar-refractivity contribution < 1.29 is 19.1 Å². The Labute approximate surface area is 171 Å². The first-order valence-electron chi connectivity index (χ1n) is 9.63. The Kier molecular flexibility index (Phi) is 6.54. The molecular weight excluding hydrogens is 368 g/mol. The van der Waals surface area contributed by atoms with Crippen LogP contribution < -0.4 is 14.8 Å². The van der Waals surface area contributed by atoms with Crippen molar-refractivity contribution in [3.05, 3.63) is 59.2 Å². The fourth-order valence-electron chi connectivity index (χ4n) is 3.06. The minimum absolute atomic E-state index is 0.0297. The number of benzene rings is 2. The van der Waals surface area contributed by atoms with Crippen molar-refractivity contribution in [1.82, 2.24) is 4.90 Å². The molecule has 152 valence electrons. The molecule has 0 saturated heterocycles. The maximum absolute atomic E-state index is 12.4. The topological polar surface area (TPSA) is 67.9 Å². The summed E-state index contributed by atoms with van der Waals surface area (Å²) in [5.74, 6) is 0.903. The lowest BCUT2D eigenvalue weighted by Gasteiger charge is -2.16. The quantitative estimate of drug-likeness (QED) is 0.787. The number of amides is 2. The predicted octanol–water partition coefficient (Wildman–Crippen LogP) is 3.58. The van der Waals surface area contributed by atoms with Crippen LogP contribution in [0.25, 0.3) is 6.08 Å². The summed E-state index contributed by atoms with van der Waals surface area (Å²) in [5.41, 5.74) is 3.60. The molecule has 0 fully saturated rings. The minimum atomic E-state index is -0.256. The Hall–Kier alpha value is -3.28. The molecule has 0 bridgehead atoms. The van der Waals surface area contributed by atoms with Crippen molar-refractivity contribution in [2.75, 3.05) is 32.1 Å². The molecule has 0 aromatic heterocycles. The molecule has 0 saturated carbocycles. The monoisotopic (exact) mass is 394 g/mol. The van der Waals surface area contributed by atoms with Gasteiger partial charge in [-0.3, -0.25) is 9.59 Å². The number of aryl methyl sites for hydroxylation is 2. The predicted molar refractivity (Wildman–Crippen MR) is 113 cm³/mol. The minimum Gasteiger partial charge on any atom is -0.490 e. The molecule has 2 aromatic carbocycles. The van der Waals surface area contributed by atoms with E-state index in [9.17, 15) is 9.59 Å². The molecule has 2 aromatic rings. The van der Waals surface area contributed by atoms with Crippen LogP contribution in [0.3, 0.4) is 0 Å². The zero-order valence-electron chi connectivity index (χ0n) is 17.0. The molecule has 6 heteroatoms. The summed E-state index contributed by atoms with van der Waals surface area (Å²) in [6.07, 6.45) is 4.00. The molecular formula is C23H26N2O4. The van der Waals surface area contributed by atoms with Crippen molar-refractivity contribution in [3.8, 4) is 11.5 Å². The maximum Gasteiger partial charge on any atom is 0.246 e. The number of carbonyl (C=O) groups excluding carboxylic acids is 2. The van der Waals surface area contributed by atoms with Crippen LogP contribution in [0.15, 0.2) is 42.5 Å². The van der Waals surface area contributed by atoms with E-state index in [1.165, 1.54) is 11.0 Å². The number of hydrogen-bond acceptors (Lipinski definition) is 4. The first-order chi connectivity index (χ1) is 13.9. The van der Waals surface area contributed by atoms with Crippen LogP contribution in [0.1, 0.15) is 23.1 Å². The Balaban J connectivity index is 1.59. The lowest BCUT2D eigenvalue weighted by molar-refractivity contribution is -0.129. The smallest absolute Gasteiger partial charge is 0.246 e. The molecule has 1 heterocycles. The Morgan fingerprint density at radius 1 is 1.07 bits per heavy atom. The van der Waals surface area contributed by atoms with E-state index in [2.05, 4.69) is 5.32 Å². The van der Waals surface area contributed by atoms with Crippen LogP contribution >= 0.6 is 0 Å². The summed E-state index contributed by atoms with van der Waals surface area (Å²) >= 11 is 0. The van der Waals surface area contributed by atoms with E-state index < -0.39 is 0 Å². The summed E-state index contributed by atoms with van der Waals surface area (Å²) in [7, 11) is 1.60. The molecule has 0 aliphatic carbocycles. The highest BCUT2D eigenvalue weighted by molar-refractivity contribution is 5.98. The lowest BCUT2D eigenvalue weighted by atomic mass is 10.1. The zero-order chi connectivity index (χ0) is 20.8. The van der Waals surface area contributed by atoms with Crippen molar-refractivity contribution in [2.24, 2.45) is 0 Å². The second-order valence-corrected chi connectivity index (χ2v) is 7.10. The maximum atomic E-state index is 12.4. The number of anilines is 1. The summed E-state index contributed by atoms with van der Waals surface area (Å²) in [6, 6.07) is 11.4. The van der Waals surface area contributed by atoms with Crippen LogP contribution in [0.4, 0.5) is 5.69 Å². The first-order valence-corrected chi connectivity index (χ1v) is 9.63. The van der Waals surface area contributed by atoms with E-state index in [0.29, 0.717) is 24.7 Å². The number of ether oxygens (including phenoxy) is 2. The lowest BCUT2D eigenvalue weighted by Crippen LogP contribution is -2.34. The third kappa shape index (κ3) is 5.38. The van der Waals surface area contributed by atoms with E-state index in [4.69, 9.17) is 9.47 Å². The molecule has 1 N–H and O–H groups in total. The summed E-state index contributed by atoms with van der Waals surface area (Å²) in [4.78, 5) is 26.1. The number of carbonyl (C=O) groups is 2. The third-order valence-corrected chi connectivity index (χ3v) is 4.69. The van der Waals surface area contributed by atoms with Crippen LogP contribution in [0.2, 0.25) is 0 Å². The Morgan fingerprint density at radius 2 is 1.76 bits per heavy atom. The second-order valence-electron chi connectivity index (χ2n) is 7.10. The van der Waals surface area contributed by atoms with Crippen molar-refractivity contribution >= 4 is 23.6 Å². The van der Waals surface area contributed by atoms with Gasteiger partial charge in [0.1, 0.15) is 0 Å². The average molecular weight is 394 g/mol. The molecule has 1 aliphatic heterocycles. The highest BCUT2D eigenvalue weighted by Crippen LogP contribution is 2.30. The molecule has 0 radical (unpaired) electrons. The molecule has 3 rings (SSSR count). The van der Waals surface area contributed by atoms with Gasteiger partial charge in [-0.25, -0.2) is 0 Å². The number of nitrogens with zero attached hydrogens (tertiary/aromatic N) is 1. The number of rotatable bonds is 5. The second kappa shape index (κ2) is 9.28. The Morgan fingerprint density at radius 3 is 2.48 bits per heavy atom. The first kappa shape index (κ1) is 20.5. The fraction of sp³-hybridized carbons (Fsp3) is 0.304. The van der Waals surface area contributed by atoms with Gasteiger partial charge < -0.3 is 19.7 Å². The highest BCUT2D eigenvalue weighted by Gasteiger charge is 2.13. The number of nitrogens with one attached hydrogen (secondary N) is 1. The van der Waals surface area contributed by atoms with Crippen LogP contribution in [0.5, 0.6) is 11.5 Å². The third-order valence-electron chi connectivity index (χ3n) is 4.69. The Bertz CT molecular complexity index is 916. The van der Waals surface area contributed by atoms with Gasteiger partial charge in [-0.15, -0.1) is 0 Å². The van der Waals surface area contributed by atoms with Gasteiger partial charge in [0.15, 0.2) is 11.5 Å². The highest BCUT2D eigenvalue weighted by atomic mass is 16.5. The molecule has 0 spiro atoms. The molecule has 1 aliphatic rings. The van der Waals surface area contributed by atoms with Gasteiger partial charge in [0.25, 0.3) is 0 Å². The van der Waals surface area contributed by atoms with Crippen molar-refractivity contribution in [3.63, 3.8) is 0 Å². The summed E-state index contributed by atoms with van der Waals surface area (Å²) in [6.45, 7) is 5.09. The SMILES string of the molecule is Cc1cccc(C)c1NC(=O)CN(C)C(=O)C=Cc1ccc2c(c1)OCCCO2. The number of likely N-dealkylation sites (N-methyl/N-ethyl adjacent to an activating group) is 1. The van der Waals surface area contributed by atoms with Crippen LogP contribution in [0, 0.1) is 13.8 Å². The molecule has 2 amide bonds. The van der Waals surface area contributed by atoms with Gasteiger partial charge in [0.05, 0.1) is 19.8 Å². The summed E-state index contributed by atoms with van der Waals surface area (Å²) in [5, 5.41) is 2.89. The van der Waals surface area contributed by atoms with Gasteiger partial charge >= 0.3 is 0 Å². The van der Waals surface area contributed by atoms with Crippen molar-refractivity contribution in [1.29, 1.82) is 0 Å². The normalized spacial score (nSPS) is 13.1. The average Bonchev–Trinajstić information content (AvgIpc) is 2.94. The van der Waals surface area contributed by atoms with E-state index in [1.54, 1.807) is 13.1 Å². The van der Waals surface area contributed by atoms with Gasteiger partial charge in [0, 0.05) is 25.2 Å². The molecule has 0 atom stereocenters. The standard InChI is InChI=1S/C23H26N2O4/c1-16-6-4-7-17(2)23(16)24-21(26)15-25(3)22(27)11-9-18-8-10-19-20(14-18)29-13-5-12-28-19/h4,6-11,14H,5,12-13,15H2,1-3H3,(H,24,26). The number of para-hydroxylation sites is 1. The van der Waals surface area contributed by atoms with Gasteiger partial charge in [-0.05, 0) is 48.7 Å².